The zero-order chi connectivity index (χ0) is 19.5. The van der Waals surface area contributed by atoms with Crippen LogP contribution < -0.4 is 11.1 Å². The van der Waals surface area contributed by atoms with E-state index in [1.807, 2.05) is 30.3 Å². The van der Waals surface area contributed by atoms with E-state index in [1.54, 1.807) is 23.5 Å². The third kappa shape index (κ3) is 4.13. The number of fused-ring (bicyclic) bond motifs is 1. The molecule has 6 heteroatoms. The highest BCUT2D eigenvalue weighted by Crippen LogP contribution is 2.38. The summed E-state index contributed by atoms with van der Waals surface area (Å²) in [6.45, 7) is 0. The van der Waals surface area contributed by atoms with Crippen molar-refractivity contribution >= 4 is 17.2 Å². The molecule has 0 fully saturated rings. The van der Waals surface area contributed by atoms with Crippen molar-refractivity contribution in [2.75, 3.05) is 0 Å². The molecule has 2 unspecified atom stereocenters. The Bertz CT molecular complexity index is 956. The third-order valence-corrected chi connectivity index (χ3v) is 6.27. The maximum absolute atomic E-state index is 13.2. The molecule has 2 aromatic carbocycles. The molecule has 28 heavy (non-hydrogen) atoms. The van der Waals surface area contributed by atoms with E-state index in [2.05, 4.69) is 5.32 Å². The van der Waals surface area contributed by atoms with Crippen LogP contribution in [0.15, 0.2) is 54.6 Å². The van der Waals surface area contributed by atoms with Crippen LogP contribution in [0.4, 0.5) is 4.39 Å². The predicted octanol–water partition coefficient (Wildman–Crippen LogP) is 4.53. The van der Waals surface area contributed by atoms with E-state index < -0.39 is 0 Å². The minimum absolute atomic E-state index is 0.0362. The van der Waals surface area contributed by atoms with Gasteiger partial charge in [0.15, 0.2) is 0 Å². The first-order valence-electron chi connectivity index (χ1n) is 9.45. The fourth-order valence-electron chi connectivity index (χ4n) is 3.54. The molecule has 0 bridgehead atoms. The fraction of sp³-hybridized carbons (Fsp3) is 0.273. The maximum Gasteiger partial charge on any atom is 0.222 e. The zero-order valence-corrected chi connectivity index (χ0v) is 16.2. The molecular weight excluding hydrogens is 373 g/mol. The Labute approximate surface area is 167 Å². The Balaban J connectivity index is 1.47. The molecule has 144 valence electrons. The van der Waals surface area contributed by atoms with E-state index in [9.17, 15) is 9.18 Å². The summed E-state index contributed by atoms with van der Waals surface area (Å²) in [6.07, 6.45) is 3.03. The first kappa shape index (κ1) is 18.8. The van der Waals surface area contributed by atoms with Crippen LogP contribution in [0.3, 0.4) is 0 Å². The lowest BCUT2D eigenvalue weighted by Gasteiger charge is -2.23. The van der Waals surface area contributed by atoms with Crippen molar-refractivity contribution in [1.29, 1.82) is 0 Å². The van der Waals surface area contributed by atoms with E-state index in [0.29, 0.717) is 0 Å². The van der Waals surface area contributed by atoms with E-state index in [4.69, 9.17) is 10.7 Å². The Morgan fingerprint density at radius 2 is 1.96 bits per heavy atom. The van der Waals surface area contributed by atoms with Gasteiger partial charge in [0, 0.05) is 18.0 Å². The number of nitrogens with two attached hydrogens (primary N) is 1. The lowest BCUT2D eigenvalue weighted by Crippen LogP contribution is -2.32. The van der Waals surface area contributed by atoms with Crippen molar-refractivity contribution in [2.45, 2.75) is 37.8 Å². The van der Waals surface area contributed by atoms with Crippen molar-refractivity contribution in [3.05, 3.63) is 76.5 Å². The number of thiazole rings is 1. The van der Waals surface area contributed by atoms with Crippen LogP contribution in [0.2, 0.25) is 0 Å². The number of aromatic nitrogens is 1. The number of carbonyl (C=O) groups is 1. The number of amides is 1. The summed E-state index contributed by atoms with van der Waals surface area (Å²) >= 11 is 1.58. The Hall–Kier alpha value is -2.57. The number of hydrogen-bond acceptors (Lipinski definition) is 4. The normalized spacial score (nSPS) is 17.0. The summed E-state index contributed by atoms with van der Waals surface area (Å²) in [7, 11) is 0. The number of benzene rings is 2. The standard InChI is InChI=1S/C22H22FN3OS/c23-16-11-9-15(10-12-16)22-26-19-8-4-7-18(21(19)28-22)25-20(27)13-17(24)14-5-2-1-3-6-14/h1-3,5-6,9-12,17-18H,4,7-8,13,24H2,(H,25,27). The van der Waals surface area contributed by atoms with Gasteiger partial charge < -0.3 is 11.1 Å². The van der Waals surface area contributed by atoms with E-state index in [0.717, 1.165) is 46.0 Å². The number of carbonyl (C=O) groups excluding carboxylic acids is 1. The zero-order valence-electron chi connectivity index (χ0n) is 15.4. The molecule has 2 atom stereocenters. The highest BCUT2D eigenvalue weighted by atomic mass is 32.1. The summed E-state index contributed by atoms with van der Waals surface area (Å²) in [4.78, 5) is 18.4. The largest absolute Gasteiger partial charge is 0.348 e. The van der Waals surface area contributed by atoms with E-state index >= 15 is 0 Å². The van der Waals surface area contributed by atoms with Crippen LogP contribution >= 0.6 is 11.3 Å². The molecular formula is C22H22FN3OS. The Morgan fingerprint density at radius 3 is 2.71 bits per heavy atom. The first-order valence-corrected chi connectivity index (χ1v) is 10.3. The molecule has 0 saturated carbocycles. The van der Waals surface area contributed by atoms with Crippen LogP contribution in [0, 0.1) is 5.82 Å². The van der Waals surface area contributed by atoms with Crippen LogP contribution in [-0.2, 0) is 11.2 Å². The van der Waals surface area contributed by atoms with Gasteiger partial charge in [-0.3, -0.25) is 4.79 Å². The number of nitrogens with one attached hydrogen (secondary N) is 1. The molecule has 4 rings (SSSR count). The van der Waals surface area contributed by atoms with Crippen molar-refractivity contribution in [1.82, 2.24) is 10.3 Å². The van der Waals surface area contributed by atoms with Gasteiger partial charge in [-0.15, -0.1) is 11.3 Å². The average Bonchev–Trinajstić information content (AvgIpc) is 3.14. The predicted molar refractivity (Wildman–Crippen MR) is 109 cm³/mol. The van der Waals surface area contributed by atoms with Gasteiger partial charge in [-0.1, -0.05) is 30.3 Å². The summed E-state index contributed by atoms with van der Waals surface area (Å²) < 4.78 is 13.2. The molecule has 1 aliphatic carbocycles. The van der Waals surface area contributed by atoms with Crippen LogP contribution in [0.1, 0.15) is 47.5 Å². The minimum Gasteiger partial charge on any atom is -0.348 e. The number of nitrogens with zero attached hydrogens (tertiary/aromatic N) is 1. The molecule has 1 amide bonds. The number of aryl methyl sites for hydroxylation is 1. The van der Waals surface area contributed by atoms with Gasteiger partial charge in [0.05, 0.1) is 16.6 Å². The van der Waals surface area contributed by atoms with Gasteiger partial charge in [-0.25, -0.2) is 9.37 Å². The van der Waals surface area contributed by atoms with Gasteiger partial charge in [-0.2, -0.15) is 0 Å². The second-order valence-corrected chi connectivity index (χ2v) is 8.10. The monoisotopic (exact) mass is 395 g/mol. The number of rotatable bonds is 5. The molecule has 0 aliphatic heterocycles. The van der Waals surface area contributed by atoms with Gasteiger partial charge in [0.25, 0.3) is 0 Å². The molecule has 1 aliphatic rings. The van der Waals surface area contributed by atoms with E-state index in [1.165, 1.54) is 12.1 Å². The second kappa shape index (κ2) is 8.20. The van der Waals surface area contributed by atoms with Crippen LogP contribution in [-0.4, -0.2) is 10.9 Å². The summed E-state index contributed by atoms with van der Waals surface area (Å²) in [5.41, 5.74) is 9.08. The number of hydrogen-bond donors (Lipinski definition) is 2. The summed E-state index contributed by atoms with van der Waals surface area (Å²) in [5.74, 6) is -0.309. The second-order valence-electron chi connectivity index (χ2n) is 7.07. The molecule has 3 N–H and O–H groups in total. The van der Waals surface area contributed by atoms with Gasteiger partial charge in [0.2, 0.25) is 5.91 Å². The lowest BCUT2D eigenvalue weighted by molar-refractivity contribution is -0.122. The van der Waals surface area contributed by atoms with Crippen molar-refractivity contribution < 1.29 is 9.18 Å². The first-order chi connectivity index (χ1) is 13.6. The van der Waals surface area contributed by atoms with Crippen molar-refractivity contribution in [2.24, 2.45) is 5.73 Å². The molecule has 1 heterocycles. The van der Waals surface area contributed by atoms with E-state index in [-0.39, 0.29) is 30.2 Å². The Kier molecular flexibility index (Phi) is 5.50. The van der Waals surface area contributed by atoms with Gasteiger partial charge >= 0.3 is 0 Å². The van der Waals surface area contributed by atoms with Gasteiger partial charge in [0.1, 0.15) is 10.8 Å². The Morgan fingerprint density at radius 1 is 1.21 bits per heavy atom. The fourth-order valence-corrected chi connectivity index (χ4v) is 4.75. The van der Waals surface area contributed by atoms with Crippen molar-refractivity contribution in [3.63, 3.8) is 0 Å². The number of halogens is 1. The van der Waals surface area contributed by atoms with Crippen molar-refractivity contribution in [3.8, 4) is 10.6 Å². The average molecular weight is 396 g/mol. The van der Waals surface area contributed by atoms with Gasteiger partial charge in [-0.05, 0) is 49.1 Å². The molecule has 0 spiro atoms. The quantitative estimate of drug-likeness (QED) is 0.667. The lowest BCUT2D eigenvalue weighted by atomic mass is 9.97. The summed E-state index contributed by atoms with van der Waals surface area (Å²) in [6, 6.07) is 15.7. The van der Waals surface area contributed by atoms with Crippen LogP contribution in [0.25, 0.3) is 10.6 Å². The minimum atomic E-state index is -0.319. The molecule has 0 saturated heterocycles. The highest BCUT2D eigenvalue weighted by molar-refractivity contribution is 7.15. The molecule has 1 aromatic heterocycles. The summed E-state index contributed by atoms with van der Waals surface area (Å²) in [5, 5.41) is 4.01. The molecule has 3 aromatic rings. The smallest absolute Gasteiger partial charge is 0.222 e. The topological polar surface area (TPSA) is 68.0 Å². The third-order valence-electron chi connectivity index (χ3n) is 5.01. The maximum atomic E-state index is 13.2. The van der Waals surface area contributed by atoms with Crippen LogP contribution in [0.5, 0.6) is 0 Å². The molecule has 0 radical (unpaired) electrons. The molecule has 4 nitrogen and oxygen atoms in total. The highest BCUT2D eigenvalue weighted by Gasteiger charge is 2.26. The SMILES string of the molecule is NC(CC(=O)NC1CCCc2nc(-c3ccc(F)cc3)sc21)c1ccccc1.